The minimum absolute atomic E-state index is 0.0370. The molecule has 146 valence electrons. The zero-order valence-electron chi connectivity index (χ0n) is 15.0. The van der Waals surface area contributed by atoms with E-state index in [1.54, 1.807) is 24.3 Å². The van der Waals surface area contributed by atoms with E-state index in [-0.39, 0.29) is 28.8 Å². The van der Waals surface area contributed by atoms with E-state index in [1.165, 1.54) is 24.3 Å². The van der Waals surface area contributed by atoms with Gasteiger partial charge in [-0.05, 0) is 24.3 Å². The van der Waals surface area contributed by atoms with Crippen LogP contribution in [-0.2, 0) is 15.5 Å². The molecule has 0 atom stereocenters. The van der Waals surface area contributed by atoms with Crippen molar-refractivity contribution < 1.29 is 27.8 Å². The molecule has 0 unspecified atom stereocenters. The lowest BCUT2D eigenvalue weighted by atomic mass is 10.1. The molecular weight excluding hydrogens is 384 g/mol. The first kappa shape index (κ1) is 19.7. The summed E-state index contributed by atoms with van der Waals surface area (Å²) in [5.74, 6) is -5.72. The molecule has 3 aromatic rings. The predicted molar refractivity (Wildman–Crippen MR) is 95.7 cm³/mol. The molecule has 0 saturated heterocycles. The number of para-hydroxylation sites is 2. The van der Waals surface area contributed by atoms with Gasteiger partial charge in [-0.15, -0.1) is 0 Å². The molecule has 0 saturated carbocycles. The number of ether oxygens (including phenoxy) is 3. The molecule has 29 heavy (non-hydrogen) atoms. The van der Waals surface area contributed by atoms with Crippen LogP contribution >= 0.6 is 0 Å². The van der Waals surface area contributed by atoms with Gasteiger partial charge in [0.05, 0.1) is 24.3 Å². The summed E-state index contributed by atoms with van der Waals surface area (Å²) in [4.78, 5) is 19.2. The maximum atomic E-state index is 14.3. The number of aromatic nitrogens is 2. The summed E-state index contributed by atoms with van der Waals surface area (Å²) in [6.07, 6.45) is 1.11. The van der Waals surface area contributed by atoms with Crippen LogP contribution in [0.25, 0.3) is 0 Å². The predicted octanol–water partition coefficient (Wildman–Crippen LogP) is 4.20. The quantitative estimate of drug-likeness (QED) is 0.576. The zero-order valence-corrected chi connectivity index (χ0v) is 15.0. The molecule has 0 aliphatic rings. The van der Waals surface area contributed by atoms with Crippen LogP contribution in [0.3, 0.4) is 0 Å². The molecule has 7 nitrogen and oxygen atoms in total. The number of nitriles is 1. The molecule has 3 rings (SSSR count). The van der Waals surface area contributed by atoms with Crippen molar-refractivity contribution in [3.05, 3.63) is 72.1 Å². The molecule has 0 aliphatic carbocycles. The van der Waals surface area contributed by atoms with Crippen LogP contribution in [0.5, 0.6) is 23.3 Å². The topological polar surface area (TPSA) is 94.3 Å². The first-order chi connectivity index (χ1) is 14.0. The van der Waals surface area contributed by atoms with Crippen molar-refractivity contribution in [1.29, 1.82) is 5.26 Å². The average molecular weight is 397 g/mol. The second kappa shape index (κ2) is 8.31. The summed E-state index contributed by atoms with van der Waals surface area (Å²) < 4.78 is 43.8. The van der Waals surface area contributed by atoms with Crippen molar-refractivity contribution in [2.45, 2.75) is 5.92 Å². The number of alkyl halides is 2. The third-order valence-corrected chi connectivity index (χ3v) is 3.72. The van der Waals surface area contributed by atoms with Gasteiger partial charge < -0.3 is 14.2 Å². The van der Waals surface area contributed by atoms with E-state index < -0.39 is 17.5 Å². The van der Waals surface area contributed by atoms with Crippen molar-refractivity contribution in [3.63, 3.8) is 0 Å². The summed E-state index contributed by atoms with van der Waals surface area (Å²) in [5, 5.41) is 9.12. The summed E-state index contributed by atoms with van der Waals surface area (Å²) in [7, 11) is 0.868. The summed E-state index contributed by atoms with van der Waals surface area (Å²) in [6, 6.07) is 14.9. The number of carbonyl (C=O) groups excluding carboxylic acids is 1. The smallest absolute Gasteiger partial charge is 0.381 e. The highest BCUT2D eigenvalue weighted by atomic mass is 19.3. The Morgan fingerprint density at radius 3 is 2.24 bits per heavy atom. The molecule has 0 radical (unpaired) electrons. The Bertz CT molecular complexity index is 1080. The first-order valence-corrected chi connectivity index (χ1v) is 8.18. The lowest BCUT2D eigenvalue weighted by Gasteiger charge is -2.17. The fraction of sp³-hybridized carbons (Fsp3) is 0.100. The molecule has 0 bridgehead atoms. The number of benzene rings is 2. The Kier molecular flexibility index (Phi) is 5.64. The Morgan fingerprint density at radius 2 is 1.59 bits per heavy atom. The number of carbonyl (C=O) groups is 1. The minimum Gasteiger partial charge on any atom is -0.464 e. The molecule has 0 fully saturated rings. The summed E-state index contributed by atoms with van der Waals surface area (Å²) in [5.41, 5.74) is -0.389. The number of rotatable bonds is 6. The zero-order chi connectivity index (χ0) is 20.9. The third-order valence-electron chi connectivity index (χ3n) is 3.72. The monoisotopic (exact) mass is 397 g/mol. The van der Waals surface area contributed by atoms with E-state index in [1.807, 2.05) is 6.07 Å². The highest BCUT2D eigenvalue weighted by Gasteiger charge is 2.44. The number of esters is 1. The SMILES string of the molecule is COC(=O)C(F)(F)c1ccccc1Oc1cc(Oc2ccccc2C#N)ncn1. The highest BCUT2D eigenvalue weighted by Crippen LogP contribution is 2.38. The van der Waals surface area contributed by atoms with Crippen LogP contribution in [0.15, 0.2) is 60.9 Å². The van der Waals surface area contributed by atoms with E-state index in [2.05, 4.69) is 14.7 Å². The summed E-state index contributed by atoms with van der Waals surface area (Å²) >= 11 is 0. The Labute approximate surface area is 164 Å². The number of hydrogen-bond donors (Lipinski definition) is 0. The molecule has 0 aliphatic heterocycles. The van der Waals surface area contributed by atoms with Crippen LogP contribution in [0.1, 0.15) is 11.1 Å². The van der Waals surface area contributed by atoms with Gasteiger partial charge in [0.25, 0.3) is 0 Å². The molecule has 1 aromatic heterocycles. The maximum absolute atomic E-state index is 14.3. The second-order valence-corrected chi connectivity index (χ2v) is 5.57. The Balaban J connectivity index is 1.89. The standard InChI is InChI=1S/C20H13F2N3O4/c1-27-19(26)20(21,22)14-7-3-5-9-16(14)29-18-10-17(24-12-25-18)28-15-8-4-2-6-13(15)11-23/h2-10,12H,1H3. The number of halogens is 2. The van der Waals surface area contributed by atoms with Gasteiger partial charge >= 0.3 is 11.9 Å². The van der Waals surface area contributed by atoms with Crippen molar-refractivity contribution in [2.75, 3.05) is 7.11 Å². The molecule has 0 spiro atoms. The average Bonchev–Trinajstić information content (AvgIpc) is 2.74. The largest absolute Gasteiger partial charge is 0.464 e. The fourth-order valence-electron chi connectivity index (χ4n) is 2.36. The van der Waals surface area contributed by atoms with Gasteiger partial charge in [0.2, 0.25) is 11.8 Å². The van der Waals surface area contributed by atoms with E-state index in [0.29, 0.717) is 0 Å². The Hall–Kier alpha value is -4.06. The van der Waals surface area contributed by atoms with E-state index in [0.717, 1.165) is 19.5 Å². The van der Waals surface area contributed by atoms with Gasteiger partial charge in [0.1, 0.15) is 23.9 Å². The van der Waals surface area contributed by atoms with Crippen LogP contribution in [0.4, 0.5) is 8.78 Å². The van der Waals surface area contributed by atoms with Crippen molar-refractivity contribution >= 4 is 5.97 Å². The highest BCUT2D eigenvalue weighted by molar-refractivity contribution is 5.80. The number of hydrogen-bond acceptors (Lipinski definition) is 7. The maximum Gasteiger partial charge on any atom is 0.381 e. The molecule has 0 amide bonds. The van der Waals surface area contributed by atoms with Gasteiger partial charge in [-0.3, -0.25) is 0 Å². The number of methoxy groups -OCH3 is 1. The van der Waals surface area contributed by atoms with Crippen molar-refractivity contribution in [2.24, 2.45) is 0 Å². The first-order valence-electron chi connectivity index (χ1n) is 8.18. The van der Waals surface area contributed by atoms with Crippen molar-refractivity contribution in [3.8, 4) is 29.3 Å². The van der Waals surface area contributed by atoms with E-state index >= 15 is 0 Å². The molecule has 9 heteroatoms. The van der Waals surface area contributed by atoms with Crippen LogP contribution < -0.4 is 9.47 Å². The minimum atomic E-state index is -3.91. The molecule has 1 heterocycles. The van der Waals surface area contributed by atoms with Gasteiger partial charge in [0, 0.05) is 0 Å². The fourth-order valence-corrected chi connectivity index (χ4v) is 2.36. The molecule has 0 N–H and O–H groups in total. The van der Waals surface area contributed by atoms with Crippen LogP contribution in [-0.4, -0.2) is 23.0 Å². The van der Waals surface area contributed by atoms with Gasteiger partial charge in [-0.1, -0.05) is 24.3 Å². The lowest BCUT2D eigenvalue weighted by molar-refractivity contribution is -0.170. The normalized spacial score (nSPS) is 10.7. The van der Waals surface area contributed by atoms with E-state index in [9.17, 15) is 13.6 Å². The van der Waals surface area contributed by atoms with Crippen molar-refractivity contribution in [1.82, 2.24) is 9.97 Å². The lowest BCUT2D eigenvalue weighted by Crippen LogP contribution is -2.27. The van der Waals surface area contributed by atoms with Crippen LogP contribution in [0, 0.1) is 11.3 Å². The molecule has 2 aromatic carbocycles. The third kappa shape index (κ3) is 4.27. The summed E-state index contributed by atoms with van der Waals surface area (Å²) in [6.45, 7) is 0. The number of nitrogens with zero attached hydrogens (tertiary/aromatic N) is 3. The Morgan fingerprint density at radius 1 is 1.00 bits per heavy atom. The van der Waals surface area contributed by atoms with Gasteiger partial charge in [-0.2, -0.15) is 14.0 Å². The van der Waals surface area contributed by atoms with Gasteiger partial charge in [0.15, 0.2) is 0 Å². The molecular formula is C20H13F2N3O4. The second-order valence-electron chi connectivity index (χ2n) is 5.57. The van der Waals surface area contributed by atoms with Gasteiger partial charge in [-0.25, -0.2) is 14.8 Å². The van der Waals surface area contributed by atoms with Crippen LogP contribution in [0.2, 0.25) is 0 Å². The van der Waals surface area contributed by atoms with E-state index in [4.69, 9.17) is 14.7 Å².